The first-order valence-electron chi connectivity index (χ1n) is 7.74. The van der Waals surface area contributed by atoms with Crippen molar-refractivity contribution < 1.29 is 4.92 Å². The van der Waals surface area contributed by atoms with Crippen LogP contribution in [0.15, 0.2) is 12.3 Å². The number of nitro groups is 1. The van der Waals surface area contributed by atoms with Gasteiger partial charge in [-0.1, -0.05) is 0 Å². The predicted molar refractivity (Wildman–Crippen MR) is 81.6 cm³/mol. The second-order valence-electron chi connectivity index (χ2n) is 6.14. The number of aryl methyl sites for hydroxylation is 1. The zero-order valence-corrected chi connectivity index (χ0v) is 12.4. The summed E-state index contributed by atoms with van der Waals surface area (Å²) in [7, 11) is 0. The van der Waals surface area contributed by atoms with Crippen molar-refractivity contribution in [3.05, 3.63) is 27.9 Å². The number of aromatic nitrogens is 1. The number of pyridine rings is 1. The summed E-state index contributed by atoms with van der Waals surface area (Å²) in [5.74, 6) is 1.57. The Balaban J connectivity index is 1.75. The van der Waals surface area contributed by atoms with E-state index in [0.29, 0.717) is 12.0 Å². The van der Waals surface area contributed by atoms with Crippen molar-refractivity contribution in [3.63, 3.8) is 0 Å². The Hall–Kier alpha value is -1.69. The zero-order valence-electron chi connectivity index (χ0n) is 12.4. The molecule has 6 nitrogen and oxygen atoms in total. The lowest BCUT2D eigenvalue weighted by molar-refractivity contribution is -0.385. The predicted octanol–water partition coefficient (Wildman–Crippen LogP) is 2.27. The lowest BCUT2D eigenvalue weighted by Crippen LogP contribution is -2.44. The molecule has 0 aromatic carbocycles. The topological polar surface area (TPSA) is 71.3 Å². The average Bonchev–Trinajstić information content (AvgIpc) is 3.01. The number of anilines is 1. The van der Waals surface area contributed by atoms with Crippen LogP contribution < -0.4 is 10.2 Å². The Morgan fingerprint density at radius 2 is 2.29 bits per heavy atom. The first-order valence-corrected chi connectivity index (χ1v) is 7.74. The fourth-order valence-corrected chi connectivity index (χ4v) is 3.63. The molecule has 1 N–H and O–H groups in total. The van der Waals surface area contributed by atoms with Gasteiger partial charge in [0, 0.05) is 25.2 Å². The van der Waals surface area contributed by atoms with Gasteiger partial charge in [-0.15, -0.1) is 0 Å². The van der Waals surface area contributed by atoms with Gasteiger partial charge in [0.1, 0.15) is 12.0 Å². The van der Waals surface area contributed by atoms with E-state index in [9.17, 15) is 10.1 Å². The largest absolute Gasteiger partial charge is 0.356 e. The second kappa shape index (κ2) is 5.97. The molecule has 0 radical (unpaired) electrons. The zero-order chi connectivity index (χ0) is 14.8. The van der Waals surface area contributed by atoms with E-state index in [1.807, 2.05) is 6.92 Å². The van der Waals surface area contributed by atoms with Crippen LogP contribution in [0, 0.1) is 23.0 Å². The molecule has 114 valence electrons. The van der Waals surface area contributed by atoms with Crippen molar-refractivity contribution >= 4 is 11.5 Å². The average molecular weight is 290 g/mol. The summed E-state index contributed by atoms with van der Waals surface area (Å²) in [5.41, 5.74) is 0.964. The van der Waals surface area contributed by atoms with Gasteiger partial charge in [0.05, 0.1) is 4.92 Å². The van der Waals surface area contributed by atoms with E-state index in [0.717, 1.165) is 31.0 Å². The maximum absolute atomic E-state index is 10.8. The Labute approximate surface area is 124 Å². The van der Waals surface area contributed by atoms with E-state index in [4.69, 9.17) is 0 Å². The van der Waals surface area contributed by atoms with Crippen LogP contribution in [0.3, 0.4) is 0 Å². The van der Waals surface area contributed by atoms with E-state index in [1.54, 1.807) is 6.07 Å². The molecule has 3 heterocycles. The lowest BCUT2D eigenvalue weighted by atomic mass is 9.89. The quantitative estimate of drug-likeness (QED) is 0.683. The summed E-state index contributed by atoms with van der Waals surface area (Å²) < 4.78 is 0. The molecule has 0 bridgehead atoms. The summed E-state index contributed by atoms with van der Waals surface area (Å²) >= 11 is 0. The Morgan fingerprint density at radius 3 is 2.95 bits per heavy atom. The number of rotatable bonds is 3. The van der Waals surface area contributed by atoms with Gasteiger partial charge in [-0.05, 0) is 50.6 Å². The maximum Gasteiger partial charge on any atom is 0.287 e. The molecule has 2 aliphatic heterocycles. The Kier molecular flexibility index (Phi) is 4.05. The highest BCUT2D eigenvalue weighted by molar-refractivity contribution is 5.50. The number of nitrogens with zero attached hydrogens (tertiary/aromatic N) is 3. The minimum Gasteiger partial charge on any atom is -0.356 e. The first kappa shape index (κ1) is 14.3. The first-order chi connectivity index (χ1) is 10.1. The molecule has 2 aliphatic rings. The van der Waals surface area contributed by atoms with Crippen molar-refractivity contribution in [3.8, 4) is 0 Å². The van der Waals surface area contributed by atoms with Gasteiger partial charge in [0.25, 0.3) is 5.69 Å². The van der Waals surface area contributed by atoms with Crippen molar-refractivity contribution in [2.24, 2.45) is 5.92 Å². The molecule has 1 aromatic heterocycles. The SMILES string of the molecule is Cc1cc([N+](=O)[O-])cnc1N1CCCC(C2CCCN2)C1. The van der Waals surface area contributed by atoms with E-state index in [1.165, 1.54) is 31.9 Å². The molecular weight excluding hydrogens is 268 g/mol. The summed E-state index contributed by atoms with van der Waals surface area (Å²) in [6.07, 6.45) is 6.35. The summed E-state index contributed by atoms with van der Waals surface area (Å²) in [4.78, 5) is 17.1. The number of hydrogen-bond donors (Lipinski definition) is 1. The molecule has 0 spiro atoms. The van der Waals surface area contributed by atoms with E-state index in [2.05, 4.69) is 15.2 Å². The smallest absolute Gasteiger partial charge is 0.287 e. The van der Waals surface area contributed by atoms with Gasteiger partial charge in [-0.3, -0.25) is 10.1 Å². The minimum atomic E-state index is -0.384. The van der Waals surface area contributed by atoms with Crippen LogP contribution in [-0.2, 0) is 0 Å². The highest BCUT2D eigenvalue weighted by atomic mass is 16.6. The van der Waals surface area contributed by atoms with Crippen LogP contribution in [0.4, 0.5) is 11.5 Å². The van der Waals surface area contributed by atoms with Crippen molar-refractivity contribution in [1.29, 1.82) is 0 Å². The Morgan fingerprint density at radius 1 is 1.43 bits per heavy atom. The fraction of sp³-hybridized carbons (Fsp3) is 0.667. The molecular formula is C15H22N4O2. The Bertz CT molecular complexity index is 528. The highest BCUT2D eigenvalue weighted by Gasteiger charge is 2.30. The van der Waals surface area contributed by atoms with Crippen molar-refractivity contribution in [1.82, 2.24) is 10.3 Å². The summed E-state index contributed by atoms with van der Waals surface area (Å²) in [6.45, 7) is 5.04. The van der Waals surface area contributed by atoms with Crippen LogP contribution in [0.25, 0.3) is 0 Å². The van der Waals surface area contributed by atoms with Crippen LogP contribution in [0.1, 0.15) is 31.2 Å². The van der Waals surface area contributed by atoms with E-state index in [-0.39, 0.29) is 10.6 Å². The number of hydrogen-bond acceptors (Lipinski definition) is 5. The maximum atomic E-state index is 10.8. The normalized spacial score (nSPS) is 26.0. The third kappa shape index (κ3) is 3.00. The second-order valence-corrected chi connectivity index (χ2v) is 6.14. The third-order valence-corrected chi connectivity index (χ3v) is 4.67. The van der Waals surface area contributed by atoms with Gasteiger partial charge >= 0.3 is 0 Å². The van der Waals surface area contributed by atoms with Gasteiger partial charge in [-0.25, -0.2) is 4.98 Å². The van der Waals surface area contributed by atoms with E-state index >= 15 is 0 Å². The molecule has 6 heteroatoms. The van der Waals surface area contributed by atoms with Crippen molar-refractivity contribution in [2.45, 2.75) is 38.6 Å². The number of nitrogens with one attached hydrogen (secondary N) is 1. The van der Waals surface area contributed by atoms with Crippen LogP contribution >= 0.6 is 0 Å². The molecule has 2 fully saturated rings. The number of piperidine rings is 1. The van der Waals surface area contributed by atoms with E-state index < -0.39 is 0 Å². The summed E-state index contributed by atoms with van der Waals surface area (Å²) in [6, 6.07) is 2.26. The molecule has 21 heavy (non-hydrogen) atoms. The molecule has 2 atom stereocenters. The monoisotopic (exact) mass is 290 g/mol. The van der Waals surface area contributed by atoms with Gasteiger partial charge in [0.2, 0.25) is 0 Å². The van der Waals surface area contributed by atoms with Crippen LogP contribution in [-0.4, -0.2) is 35.6 Å². The van der Waals surface area contributed by atoms with Gasteiger partial charge in [0.15, 0.2) is 0 Å². The minimum absolute atomic E-state index is 0.0715. The molecule has 0 amide bonds. The summed E-state index contributed by atoms with van der Waals surface area (Å²) in [5, 5.41) is 14.4. The molecule has 1 aromatic rings. The standard InChI is InChI=1S/C15H22N4O2/c1-11-8-13(19(20)21)9-17-15(11)18-7-3-4-12(10-18)14-5-2-6-16-14/h8-9,12,14,16H,2-7,10H2,1H3. The molecule has 0 aliphatic carbocycles. The molecule has 2 saturated heterocycles. The molecule has 2 unspecified atom stereocenters. The van der Waals surface area contributed by atoms with Crippen LogP contribution in [0.2, 0.25) is 0 Å². The van der Waals surface area contributed by atoms with Gasteiger partial charge in [-0.2, -0.15) is 0 Å². The third-order valence-electron chi connectivity index (χ3n) is 4.67. The lowest BCUT2D eigenvalue weighted by Gasteiger charge is -2.37. The van der Waals surface area contributed by atoms with Crippen LogP contribution in [0.5, 0.6) is 0 Å². The van der Waals surface area contributed by atoms with Gasteiger partial charge < -0.3 is 10.2 Å². The molecule has 0 saturated carbocycles. The highest BCUT2D eigenvalue weighted by Crippen LogP contribution is 2.29. The fourth-order valence-electron chi connectivity index (χ4n) is 3.63. The van der Waals surface area contributed by atoms with Crippen molar-refractivity contribution in [2.75, 3.05) is 24.5 Å². The molecule has 3 rings (SSSR count).